The normalized spacial score (nSPS) is 4.00. The van der Waals surface area contributed by atoms with E-state index in [2.05, 4.69) is 0 Å². The van der Waals surface area contributed by atoms with Crippen molar-refractivity contribution in [3.63, 3.8) is 0 Å². The first-order valence-corrected chi connectivity index (χ1v) is 0.651. The van der Waals surface area contributed by atoms with E-state index in [1.807, 2.05) is 0 Å². The van der Waals surface area contributed by atoms with Crippen LogP contribution in [0.2, 0.25) is 0 Å². The Labute approximate surface area is 57.0 Å². The van der Waals surface area contributed by atoms with E-state index in [0.29, 0.717) is 0 Å². The standard InChI is InChI=1S/CH2O3.He.Na.H/c2-1(3)4;;;/h(H2,2,3,4);;;. The van der Waals surface area contributed by atoms with Crippen LogP contribution in [0.5, 0.6) is 0 Å². The van der Waals surface area contributed by atoms with Crippen molar-refractivity contribution in [3.8, 4) is 0 Å². The Kier molecular flexibility index (Phi) is 24.5. The van der Waals surface area contributed by atoms with Crippen molar-refractivity contribution in [2.75, 3.05) is 0 Å². The average molecular weight is 90.0 g/mol. The van der Waals surface area contributed by atoms with E-state index >= 15 is 0 Å². The number of carbonyl (C=O) groups is 1. The van der Waals surface area contributed by atoms with Gasteiger partial charge in [-0.2, -0.15) is 0 Å². The van der Waals surface area contributed by atoms with E-state index in [1.165, 1.54) is 0 Å². The van der Waals surface area contributed by atoms with Gasteiger partial charge in [0, 0.05) is 6.15 Å². The van der Waals surface area contributed by atoms with Crippen molar-refractivity contribution in [2.45, 2.75) is 0 Å². The molecule has 0 radical (unpaired) electrons. The zero-order valence-electron chi connectivity index (χ0n) is 2.51. The fraction of sp³-hybridized carbons (Fsp3) is 0. The number of carboxylic acid groups (broad SMARTS) is 2. The van der Waals surface area contributed by atoms with Crippen molar-refractivity contribution in [1.82, 2.24) is 0 Å². The summed E-state index contributed by atoms with van der Waals surface area (Å²) in [7, 11) is 0. The van der Waals surface area contributed by atoms with E-state index in [-0.39, 0.29) is 35.7 Å². The van der Waals surface area contributed by atoms with Crippen molar-refractivity contribution < 1.29 is 21.2 Å². The molecule has 0 saturated carbocycles. The van der Waals surface area contributed by atoms with Crippen LogP contribution >= 0.6 is 0 Å². The van der Waals surface area contributed by atoms with Gasteiger partial charge in [0.2, 0.25) is 0 Å². The molecule has 0 fully saturated rings. The first-order valence-electron chi connectivity index (χ1n) is 0.651. The zero-order valence-corrected chi connectivity index (χ0v) is 2.51. The summed E-state index contributed by atoms with van der Waals surface area (Å²) in [5.41, 5.74) is 0. The Morgan fingerprint density at radius 3 is 1.33 bits per heavy atom. The fourth-order valence-corrected chi connectivity index (χ4v) is 0. The van der Waals surface area contributed by atoms with E-state index in [1.54, 1.807) is 0 Å². The van der Waals surface area contributed by atoms with Crippen molar-refractivity contribution >= 4 is 35.7 Å². The van der Waals surface area contributed by atoms with E-state index in [0.717, 1.165) is 0 Å². The monoisotopic (exact) mass is 90.0 g/mol. The molecule has 0 spiro atoms. The topological polar surface area (TPSA) is 57.5 Å². The zero-order chi connectivity index (χ0) is 3.58. The molecule has 0 rings (SSSR count). The molecule has 0 saturated heterocycles. The second-order valence-corrected chi connectivity index (χ2v) is 0.283. The summed E-state index contributed by atoms with van der Waals surface area (Å²) in [5.74, 6) is 0. The van der Waals surface area contributed by atoms with Crippen LogP contribution in [0.25, 0.3) is 0 Å². The van der Waals surface area contributed by atoms with Gasteiger partial charge in [0.25, 0.3) is 0 Å². The molecule has 0 aliphatic heterocycles. The molecule has 0 bridgehead atoms. The van der Waals surface area contributed by atoms with E-state index < -0.39 is 6.16 Å². The molecule has 3 nitrogen and oxygen atoms in total. The molecular formula is CH3HeNaO3. The molecule has 0 aromatic rings. The molecule has 0 aromatic carbocycles. The molecule has 0 heterocycles. The maximum atomic E-state index is 8.56. The minimum absolute atomic E-state index is 0. The first-order chi connectivity index (χ1) is 1.73. The number of rotatable bonds is 0. The second kappa shape index (κ2) is 8.95. The van der Waals surface area contributed by atoms with Gasteiger partial charge in [0.1, 0.15) is 0 Å². The summed E-state index contributed by atoms with van der Waals surface area (Å²) in [5, 5.41) is 13.9. The molecule has 5 heteroatoms. The average Bonchev–Trinajstić information content (AvgIpc) is 0.811. The molecule has 0 unspecified atom stereocenters. The summed E-state index contributed by atoms with van der Waals surface area (Å²) in [6, 6.07) is 0. The van der Waals surface area contributed by atoms with E-state index in [9.17, 15) is 0 Å². The number of hydrogen-bond donors (Lipinski definition) is 2. The minimum atomic E-state index is -1.83. The van der Waals surface area contributed by atoms with Crippen LogP contribution in [0, 0.1) is 6.15 Å². The quantitative estimate of drug-likeness (QED) is 0.397. The fourth-order valence-electron chi connectivity index (χ4n) is 0. The van der Waals surface area contributed by atoms with Gasteiger partial charge < -0.3 is 10.2 Å². The SMILES string of the molecule is O=C(O)O.[He].[NaH]. The summed E-state index contributed by atoms with van der Waals surface area (Å²) >= 11 is 0. The number of hydrogen-bond acceptors (Lipinski definition) is 1. The van der Waals surface area contributed by atoms with Gasteiger partial charge in [-0.25, -0.2) is 4.79 Å². The van der Waals surface area contributed by atoms with Gasteiger partial charge in [0.05, 0.1) is 0 Å². The van der Waals surface area contributed by atoms with Crippen LogP contribution < -0.4 is 0 Å². The van der Waals surface area contributed by atoms with Crippen LogP contribution in [-0.2, 0) is 0 Å². The van der Waals surface area contributed by atoms with Gasteiger partial charge in [-0.1, -0.05) is 0 Å². The molecule has 0 amide bonds. The maximum absolute atomic E-state index is 8.56. The molecule has 0 aromatic heterocycles. The third-order valence-electron chi connectivity index (χ3n) is 0. The van der Waals surface area contributed by atoms with Crippen LogP contribution in [0.15, 0.2) is 0 Å². The predicted octanol–water partition coefficient (Wildman–Crippen LogP) is -0.426. The Morgan fingerprint density at radius 1 is 1.33 bits per heavy atom. The van der Waals surface area contributed by atoms with Gasteiger partial charge in [-0.15, -0.1) is 0 Å². The summed E-state index contributed by atoms with van der Waals surface area (Å²) < 4.78 is 0. The molecule has 2 N–H and O–H groups in total. The Balaban J connectivity index is -0.0000000450. The van der Waals surface area contributed by atoms with Gasteiger partial charge in [-0.3, -0.25) is 0 Å². The molecule has 6 heavy (non-hydrogen) atoms. The molecule has 0 atom stereocenters. The van der Waals surface area contributed by atoms with Gasteiger partial charge >= 0.3 is 35.7 Å². The predicted molar refractivity (Wildman–Crippen MR) is 17.8 cm³/mol. The van der Waals surface area contributed by atoms with Gasteiger partial charge in [-0.05, 0) is 0 Å². The summed E-state index contributed by atoms with van der Waals surface area (Å²) in [4.78, 5) is 8.56. The first kappa shape index (κ1) is 16.4. The molecule has 0 aliphatic rings. The van der Waals surface area contributed by atoms with Crippen LogP contribution in [0.4, 0.5) is 4.79 Å². The van der Waals surface area contributed by atoms with Crippen LogP contribution in [-0.4, -0.2) is 45.9 Å². The third-order valence-corrected chi connectivity index (χ3v) is 0. The Bertz CT molecular complexity index is 33.8. The molecular weight excluding hydrogens is 87.0 g/mol. The Hall–Kier alpha value is 0.179. The van der Waals surface area contributed by atoms with Crippen LogP contribution in [0.3, 0.4) is 0 Å². The summed E-state index contributed by atoms with van der Waals surface area (Å²) in [6.45, 7) is 0. The van der Waals surface area contributed by atoms with Crippen molar-refractivity contribution in [2.24, 2.45) is 0 Å². The van der Waals surface area contributed by atoms with Gasteiger partial charge in [0.15, 0.2) is 0 Å². The molecule has 28 valence electrons. The Morgan fingerprint density at radius 2 is 1.33 bits per heavy atom. The third kappa shape index (κ3) is 1320. The van der Waals surface area contributed by atoms with Crippen molar-refractivity contribution in [3.05, 3.63) is 0 Å². The second-order valence-electron chi connectivity index (χ2n) is 0.283. The van der Waals surface area contributed by atoms with E-state index in [4.69, 9.17) is 15.0 Å². The molecule has 0 aliphatic carbocycles. The summed E-state index contributed by atoms with van der Waals surface area (Å²) in [6.07, 6.45) is -1.83. The van der Waals surface area contributed by atoms with Crippen molar-refractivity contribution in [1.29, 1.82) is 0 Å². The van der Waals surface area contributed by atoms with Crippen LogP contribution in [0.1, 0.15) is 0 Å².